The van der Waals surface area contributed by atoms with E-state index in [4.69, 9.17) is 5.26 Å². The maximum Gasteiger partial charge on any atom is 0.335 e. The maximum atomic E-state index is 14.0. The Morgan fingerprint density at radius 3 is 2.55 bits per heavy atom. The molecule has 0 spiro atoms. The number of allylic oxidation sites excluding steroid dienone is 1. The lowest BCUT2D eigenvalue weighted by Crippen LogP contribution is -2.35. The molecule has 1 aromatic heterocycles. The van der Waals surface area contributed by atoms with Gasteiger partial charge in [-0.1, -0.05) is 12.6 Å². The van der Waals surface area contributed by atoms with E-state index in [-0.39, 0.29) is 0 Å². The molecule has 0 saturated carbocycles. The molecule has 1 aromatic rings. The highest BCUT2D eigenvalue weighted by molar-refractivity contribution is 14.1. The molecule has 0 aliphatic rings. The first-order valence-electron chi connectivity index (χ1n) is 5.94. The first kappa shape index (κ1) is 18.9. The van der Waals surface area contributed by atoms with Crippen molar-refractivity contribution < 1.29 is 17.4 Å². The van der Waals surface area contributed by atoms with Crippen LogP contribution in [0.15, 0.2) is 35.3 Å². The molecule has 0 aromatic carbocycles. The second-order valence-corrected chi connectivity index (χ2v) is 8.75. The van der Waals surface area contributed by atoms with Gasteiger partial charge in [-0.05, 0) is 47.2 Å². The van der Waals surface area contributed by atoms with Crippen LogP contribution in [0.1, 0.15) is 23.4 Å². The van der Waals surface area contributed by atoms with Crippen LogP contribution in [0, 0.1) is 11.5 Å². The van der Waals surface area contributed by atoms with Crippen LogP contribution in [0.2, 0.25) is 0 Å². The van der Waals surface area contributed by atoms with E-state index in [0.29, 0.717) is 11.6 Å². The maximum absolute atomic E-state index is 14.0. The molecular weight excluding hydrogens is 430 g/mol. The molecule has 0 bridgehead atoms. The molecular formula is C13H13F3IN3OS. The summed E-state index contributed by atoms with van der Waals surface area (Å²) in [5, 5.41) is 7.82. The zero-order valence-electron chi connectivity index (χ0n) is 11.8. The second-order valence-electron chi connectivity index (χ2n) is 4.57. The summed E-state index contributed by atoms with van der Waals surface area (Å²) in [6.45, 7) is 4.59. The molecule has 1 heterocycles. The van der Waals surface area contributed by atoms with Gasteiger partial charge >= 0.3 is 5.92 Å². The fourth-order valence-electron chi connectivity index (χ4n) is 1.54. The summed E-state index contributed by atoms with van der Waals surface area (Å²) in [5.41, 5.74) is -0.400. The first-order valence-corrected chi connectivity index (χ1v) is 9.01. The zero-order valence-corrected chi connectivity index (χ0v) is 14.7. The molecule has 0 radical (unpaired) electrons. The van der Waals surface area contributed by atoms with Crippen LogP contribution in [-0.4, -0.2) is 19.1 Å². The van der Waals surface area contributed by atoms with Gasteiger partial charge in [0, 0.05) is 12.5 Å². The number of nitriles is 1. The minimum Gasteiger partial charge on any atom is -0.254 e. The van der Waals surface area contributed by atoms with E-state index in [0.717, 1.165) is 34.9 Å². The van der Waals surface area contributed by atoms with E-state index in [1.807, 2.05) is 0 Å². The zero-order chi connectivity index (χ0) is 17.2. The summed E-state index contributed by atoms with van der Waals surface area (Å²) >= 11 is 0.960. The van der Waals surface area contributed by atoms with E-state index < -0.39 is 30.3 Å². The number of aromatic nitrogens is 1. The lowest BCUT2D eigenvalue weighted by molar-refractivity contribution is -0.0715. The van der Waals surface area contributed by atoms with E-state index in [1.54, 1.807) is 6.92 Å². The Hall–Kier alpha value is -1.15. The van der Waals surface area contributed by atoms with Gasteiger partial charge in [-0.3, -0.25) is 4.98 Å². The SMILES string of the molecule is C=CC(F)(I)C(F)(F)c1ccc(C(C)S(C)(=O)=NC#N)cn1. The third-order valence-electron chi connectivity index (χ3n) is 3.13. The monoisotopic (exact) mass is 443 g/mol. The average molecular weight is 443 g/mol. The highest BCUT2D eigenvalue weighted by Gasteiger charge is 2.53. The standard InChI is InChI=1S/C13H13F3IN3OS/c1-4-12(14,17)13(15,16)11-6-5-10(7-19-11)9(2)22(3,21)20-8-18/h4-7,9H,1H2,2-3H3. The molecule has 3 unspecified atom stereocenters. The third-order valence-corrected chi connectivity index (χ3v) is 6.28. The van der Waals surface area contributed by atoms with Gasteiger partial charge in [0.05, 0.1) is 15.0 Å². The van der Waals surface area contributed by atoms with Gasteiger partial charge in [-0.2, -0.15) is 14.0 Å². The highest BCUT2D eigenvalue weighted by atomic mass is 127. The fraction of sp³-hybridized carbons (Fsp3) is 0.385. The second kappa shape index (κ2) is 6.54. The quantitative estimate of drug-likeness (QED) is 0.298. The lowest BCUT2D eigenvalue weighted by Gasteiger charge is -2.25. The number of alkyl halides is 4. The summed E-state index contributed by atoms with van der Waals surface area (Å²) in [4.78, 5) is 3.57. The fourth-order valence-corrected chi connectivity index (χ4v) is 2.78. The molecule has 0 aliphatic heterocycles. The molecule has 3 atom stereocenters. The van der Waals surface area contributed by atoms with Crippen LogP contribution in [-0.2, 0) is 15.7 Å². The smallest absolute Gasteiger partial charge is 0.254 e. The number of hydrogen-bond acceptors (Lipinski definition) is 4. The summed E-state index contributed by atoms with van der Waals surface area (Å²) in [7, 11) is -2.85. The van der Waals surface area contributed by atoms with Crippen molar-refractivity contribution in [2.45, 2.75) is 21.8 Å². The Kier molecular flexibility index (Phi) is 5.61. The minimum absolute atomic E-state index is 0.363. The molecule has 0 aliphatic carbocycles. The number of hydrogen-bond donors (Lipinski definition) is 0. The third kappa shape index (κ3) is 3.60. The van der Waals surface area contributed by atoms with Crippen LogP contribution >= 0.6 is 22.6 Å². The molecule has 4 nitrogen and oxygen atoms in total. The van der Waals surface area contributed by atoms with Crippen LogP contribution in [0.3, 0.4) is 0 Å². The van der Waals surface area contributed by atoms with Crippen molar-refractivity contribution in [3.63, 3.8) is 0 Å². The van der Waals surface area contributed by atoms with Gasteiger partial charge in [0.2, 0.25) is 9.87 Å². The molecule has 9 heteroatoms. The van der Waals surface area contributed by atoms with E-state index >= 15 is 0 Å². The molecule has 0 amide bonds. The van der Waals surface area contributed by atoms with Crippen molar-refractivity contribution in [2.24, 2.45) is 4.36 Å². The van der Waals surface area contributed by atoms with Crippen molar-refractivity contribution >= 4 is 32.3 Å². The van der Waals surface area contributed by atoms with E-state index in [9.17, 15) is 17.4 Å². The average Bonchev–Trinajstić information content (AvgIpc) is 2.46. The Bertz CT molecular complexity index is 719. The van der Waals surface area contributed by atoms with Crippen LogP contribution in [0.25, 0.3) is 0 Å². The van der Waals surface area contributed by atoms with Crippen molar-refractivity contribution in [3.05, 3.63) is 42.2 Å². The largest absolute Gasteiger partial charge is 0.335 e. The van der Waals surface area contributed by atoms with Gasteiger partial charge in [0.25, 0.3) is 0 Å². The molecule has 0 N–H and O–H groups in total. The van der Waals surface area contributed by atoms with Gasteiger partial charge < -0.3 is 0 Å². The van der Waals surface area contributed by atoms with Gasteiger partial charge in [-0.15, -0.1) is 4.36 Å². The van der Waals surface area contributed by atoms with Crippen LogP contribution in [0.5, 0.6) is 0 Å². The number of nitrogens with zero attached hydrogens (tertiary/aromatic N) is 3. The summed E-state index contributed by atoms with van der Waals surface area (Å²) in [5.74, 6) is -3.86. The van der Waals surface area contributed by atoms with Crippen molar-refractivity contribution in [2.75, 3.05) is 6.26 Å². The number of halogens is 4. The first-order chi connectivity index (χ1) is 9.99. The molecule has 120 valence electrons. The molecule has 0 fully saturated rings. The van der Waals surface area contributed by atoms with Crippen LogP contribution < -0.4 is 0 Å². The summed E-state index contributed by atoms with van der Waals surface area (Å²) in [6, 6.07) is 2.23. The Balaban J connectivity index is 3.23. The molecule has 22 heavy (non-hydrogen) atoms. The van der Waals surface area contributed by atoms with Gasteiger partial charge in [0.15, 0.2) is 0 Å². The minimum atomic E-state index is -3.86. The normalized spacial score (nSPS) is 18.4. The number of rotatable bonds is 5. The molecule has 1 rings (SSSR count). The Labute approximate surface area is 140 Å². The topological polar surface area (TPSA) is 66.1 Å². The molecule has 0 saturated heterocycles. The lowest BCUT2D eigenvalue weighted by atomic mass is 10.1. The van der Waals surface area contributed by atoms with Crippen molar-refractivity contribution in [1.82, 2.24) is 4.98 Å². The predicted molar refractivity (Wildman–Crippen MR) is 86.7 cm³/mol. The van der Waals surface area contributed by atoms with Crippen LogP contribution in [0.4, 0.5) is 13.2 Å². The van der Waals surface area contributed by atoms with Gasteiger partial charge in [-0.25, -0.2) is 8.60 Å². The van der Waals surface area contributed by atoms with Crippen molar-refractivity contribution in [3.8, 4) is 6.19 Å². The van der Waals surface area contributed by atoms with Gasteiger partial charge in [0.1, 0.15) is 5.69 Å². The highest BCUT2D eigenvalue weighted by Crippen LogP contribution is 2.46. The van der Waals surface area contributed by atoms with E-state index in [2.05, 4.69) is 15.9 Å². The van der Waals surface area contributed by atoms with Crippen molar-refractivity contribution in [1.29, 1.82) is 5.26 Å². The van der Waals surface area contributed by atoms with E-state index in [1.165, 1.54) is 18.5 Å². The predicted octanol–water partition coefficient (Wildman–Crippen LogP) is 4.10. The summed E-state index contributed by atoms with van der Waals surface area (Å²) < 4.78 is 54.3. The summed E-state index contributed by atoms with van der Waals surface area (Å²) in [6.07, 6.45) is 4.35. The number of pyridine rings is 1. The Morgan fingerprint density at radius 2 is 2.14 bits per heavy atom. The Morgan fingerprint density at radius 1 is 1.55 bits per heavy atom.